The van der Waals surface area contributed by atoms with E-state index in [2.05, 4.69) is 23.6 Å². The zero-order valence-electron chi connectivity index (χ0n) is 9.94. The van der Waals surface area contributed by atoms with Crippen molar-refractivity contribution in [3.63, 3.8) is 0 Å². The molecule has 0 bridgehead atoms. The molecule has 1 aliphatic heterocycles. The predicted molar refractivity (Wildman–Crippen MR) is 59.9 cm³/mol. The lowest BCUT2D eigenvalue weighted by Crippen LogP contribution is -2.55. The van der Waals surface area contributed by atoms with Gasteiger partial charge in [-0.15, -0.1) is 0 Å². The molecule has 0 amide bonds. The Morgan fingerprint density at radius 1 is 1.47 bits per heavy atom. The van der Waals surface area contributed by atoms with E-state index in [1.165, 1.54) is 0 Å². The molecule has 15 heavy (non-hydrogen) atoms. The van der Waals surface area contributed by atoms with E-state index < -0.39 is 5.97 Å². The van der Waals surface area contributed by atoms with Crippen LogP contribution in [0.4, 0.5) is 0 Å². The number of carboxylic acids is 1. The molecule has 1 atom stereocenters. The molecule has 0 aromatic rings. The average Bonchev–Trinajstić information content (AvgIpc) is 2.15. The molecule has 0 aromatic heterocycles. The third-order valence-electron chi connectivity index (χ3n) is 2.97. The molecule has 1 fully saturated rings. The van der Waals surface area contributed by atoms with Gasteiger partial charge in [-0.3, -0.25) is 9.69 Å². The lowest BCUT2D eigenvalue weighted by molar-refractivity contribution is -0.145. The van der Waals surface area contributed by atoms with Gasteiger partial charge in [-0.25, -0.2) is 0 Å². The van der Waals surface area contributed by atoms with Crippen molar-refractivity contribution in [3.05, 3.63) is 0 Å². The third kappa shape index (κ3) is 3.80. The number of likely N-dealkylation sites (N-methyl/N-ethyl adjacent to an activating group) is 1. The summed E-state index contributed by atoms with van der Waals surface area (Å²) in [4.78, 5) is 15.3. The summed E-state index contributed by atoms with van der Waals surface area (Å²) in [6, 6.07) is -0.317. The van der Waals surface area contributed by atoms with Gasteiger partial charge in [0.25, 0.3) is 0 Å². The van der Waals surface area contributed by atoms with Gasteiger partial charge >= 0.3 is 5.97 Å². The summed E-state index contributed by atoms with van der Waals surface area (Å²) in [6.07, 6.45) is 1.08. The molecule has 0 radical (unpaired) electrons. The molecule has 1 heterocycles. The Kier molecular flexibility index (Phi) is 4.54. The first-order chi connectivity index (χ1) is 7.00. The first-order valence-electron chi connectivity index (χ1n) is 5.66. The fourth-order valence-corrected chi connectivity index (χ4v) is 1.88. The van der Waals surface area contributed by atoms with E-state index in [1.54, 1.807) is 0 Å². The fourth-order valence-electron chi connectivity index (χ4n) is 1.88. The maximum atomic E-state index is 11.1. The molecule has 0 aromatic carbocycles. The minimum atomic E-state index is -0.690. The monoisotopic (exact) mass is 214 g/mol. The van der Waals surface area contributed by atoms with Crippen LogP contribution in [0, 0.1) is 5.92 Å². The van der Waals surface area contributed by atoms with Crippen molar-refractivity contribution in [1.82, 2.24) is 9.80 Å². The minimum absolute atomic E-state index is 0.317. The maximum absolute atomic E-state index is 11.1. The molecule has 1 N–H and O–H groups in total. The highest BCUT2D eigenvalue weighted by Gasteiger charge is 2.30. The van der Waals surface area contributed by atoms with Crippen LogP contribution in [-0.4, -0.2) is 60.1 Å². The van der Waals surface area contributed by atoms with E-state index in [1.807, 2.05) is 7.05 Å². The molecule has 1 saturated heterocycles. The van der Waals surface area contributed by atoms with Crippen LogP contribution in [-0.2, 0) is 4.79 Å². The first-order valence-corrected chi connectivity index (χ1v) is 5.66. The summed E-state index contributed by atoms with van der Waals surface area (Å²) < 4.78 is 0. The minimum Gasteiger partial charge on any atom is -0.480 e. The number of carbonyl (C=O) groups is 1. The van der Waals surface area contributed by atoms with Crippen LogP contribution in [0.1, 0.15) is 20.3 Å². The van der Waals surface area contributed by atoms with Gasteiger partial charge in [0.2, 0.25) is 0 Å². The normalized spacial score (nSPS) is 24.7. The molecule has 4 nitrogen and oxygen atoms in total. The maximum Gasteiger partial charge on any atom is 0.322 e. The van der Waals surface area contributed by atoms with Crippen molar-refractivity contribution < 1.29 is 9.90 Å². The molecule has 4 heteroatoms. The summed E-state index contributed by atoms with van der Waals surface area (Å²) in [5.41, 5.74) is 0. The Balaban J connectivity index is 2.49. The van der Waals surface area contributed by atoms with Crippen molar-refractivity contribution >= 4 is 5.97 Å². The van der Waals surface area contributed by atoms with Crippen molar-refractivity contribution in [2.75, 3.05) is 33.2 Å². The van der Waals surface area contributed by atoms with Crippen LogP contribution in [0.2, 0.25) is 0 Å². The van der Waals surface area contributed by atoms with E-state index in [0.717, 1.165) is 26.1 Å². The highest BCUT2D eigenvalue weighted by atomic mass is 16.4. The van der Waals surface area contributed by atoms with E-state index in [-0.39, 0.29) is 6.04 Å². The van der Waals surface area contributed by atoms with Crippen molar-refractivity contribution in [1.29, 1.82) is 0 Å². The molecule has 1 aliphatic rings. The SMILES string of the molecule is CC(C)CCN1CCN(C)CC1C(=O)O. The number of nitrogens with zero attached hydrogens (tertiary/aromatic N) is 2. The Morgan fingerprint density at radius 2 is 2.13 bits per heavy atom. The van der Waals surface area contributed by atoms with Gasteiger partial charge in [-0.05, 0) is 25.9 Å². The van der Waals surface area contributed by atoms with Gasteiger partial charge in [0.15, 0.2) is 0 Å². The Bertz CT molecular complexity index is 219. The second-order valence-corrected chi connectivity index (χ2v) is 4.83. The number of hydrogen-bond acceptors (Lipinski definition) is 3. The van der Waals surface area contributed by atoms with Crippen molar-refractivity contribution in [2.24, 2.45) is 5.92 Å². The highest BCUT2D eigenvalue weighted by molar-refractivity contribution is 5.73. The summed E-state index contributed by atoms with van der Waals surface area (Å²) in [7, 11) is 1.98. The number of aliphatic carboxylic acids is 1. The molecule has 0 spiro atoms. The summed E-state index contributed by atoms with van der Waals surface area (Å²) >= 11 is 0. The summed E-state index contributed by atoms with van der Waals surface area (Å²) in [5, 5.41) is 9.12. The van der Waals surface area contributed by atoms with Crippen LogP contribution in [0.25, 0.3) is 0 Å². The smallest absolute Gasteiger partial charge is 0.322 e. The van der Waals surface area contributed by atoms with Gasteiger partial charge in [0, 0.05) is 19.6 Å². The predicted octanol–water partition coefficient (Wildman–Crippen LogP) is 0.733. The lowest BCUT2D eigenvalue weighted by atomic mass is 10.1. The van der Waals surface area contributed by atoms with Crippen LogP contribution in [0.15, 0.2) is 0 Å². The van der Waals surface area contributed by atoms with Gasteiger partial charge < -0.3 is 10.0 Å². The summed E-state index contributed by atoms with van der Waals surface area (Å²) in [5.74, 6) is -0.0515. The second kappa shape index (κ2) is 5.47. The highest BCUT2D eigenvalue weighted by Crippen LogP contribution is 2.11. The number of carboxylic acid groups (broad SMARTS) is 1. The van der Waals surface area contributed by atoms with E-state index in [0.29, 0.717) is 12.5 Å². The largest absolute Gasteiger partial charge is 0.480 e. The van der Waals surface area contributed by atoms with Crippen LogP contribution in [0.3, 0.4) is 0 Å². The van der Waals surface area contributed by atoms with Gasteiger partial charge in [0.1, 0.15) is 6.04 Å². The quantitative estimate of drug-likeness (QED) is 0.749. The van der Waals surface area contributed by atoms with Crippen LogP contribution >= 0.6 is 0 Å². The molecular weight excluding hydrogens is 192 g/mol. The zero-order chi connectivity index (χ0) is 11.4. The second-order valence-electron chi connectivity index (χ2n) is 4.83. The molecule has 1 rings (SSSR count). The van der Waals surface area contributed by atoms with Gasteiger partial charge in [0.05, 0.1) is 0 Å². The van der Waals surface area contributed by atoms with Crippen LogP contribution in [0.5, 0.6) is 0 Å². The summed E-state index contributed by atoms with van der Waals surface area (Å²) in [6.45, 7) is 7.75. The third-order valence-corrected chi connectivity index (χ3v) is 2.97. The fraction of sp³-hybridized carbons (Fsp3) is 0.909. The van der Waals surface area contributed by atoms with Crippen molar-refractivity contribution in [2.45, 2.75) is 26.3 Å². The number of piperazine rings is 1. The topological polar surface area (TPSA) is 43.8 Å². The molecular formula is C11H22N2O2. The van der Waals surface area contributed by atoms with Gasteiger partial charge in [-0.1, -0.05) is 13.8 Å². The zero-order valence-corrected chi connectivity index (χ0v) is 9.94. The number of rotatable bonds is 4. The number of hydrogen-bond donors (Lipinski definition) is 1. The van der Waals surface area contributed by atoms with E-state index in [4.69, 9.17) is 5.11 Å². The molecule has 88 valence electrons. The molecule has 0 saturated carbocycles. The first kappa shape index (κ1) is 12.5. The van der Waals surface area contributed by atoms with Crippen LogP contribution < -0.4 is 0 Å². The van der Waals surface area contributed by atoms with Crippen molar-refractivity contribution in [3.8, 4) is 0 Å². The lowest BCUT2D eigenvalue weighted by Gasteiger charge is -2.37. The Labute approximate surface area is 91.9 Å². The standard InChI is InChI=1S/C11H22N2O2/c1-9(2)4-5-13-7-6-12(3)8-10(13)11(14)15/h9-10H,4-8H2,1-3H3,(H,14,15). The molecule has 1 unspecified atom stereocenters. The average molecular weight is 214 g/mol. The molecule has 0 aliphatic carbocycles. The Morgan fingerprint density at radius 3 is 2.67 bits per heavy atom. The Hall–Kier alpha value is -0.610. The van der Waals surface area contributed by atoms with Gasteiger partial charge in [-0.2, -0.15) is 0 Å². The van der Waals surface area contributed by atoms with E-state index >= 15 is 0 Å². The van der Waals surface area contributed by atoms with E-state index in [9.17, 15) is 4.79 Å².